The van der Waals surface area contributed by atoms with Crippen molar-refractivity contribution in [1.82, 2.24) is 4.90 Å². The Morgan fingerprint density at radius 2 is 1.89 bits per heavy atom. The van der Waals surface area contributed by atoms with Gasteiger partial charge in [-0.05, 0) is 31.5 Å². The third kappa shape index (κ3) is 2.53. The van der Waals surface area contributed by atoms with E-state index in [2.05, 4.69) is 0 Å². The maximum atomic E-state index is 12.2. The fourth-order valence-electron chi connectivity index (χ4n) is 2.14. The van der Waals surface area contributed by atoms with Crippen LogP contribution in [0.3, 0.4) is 0 Å². The molecular formula is C13H16N2O3S. The molecule has 0 spiro atoms. The molecule has 2 rings (SSSR count). The van der Waals surface area contributed by atoms with E-state index in [-0.39, 0.29) is 17.9 Å². The van der Waals surface area contributed by atoms with Crippen LogP contribution in [0.5, 0.6) is 0 Å². The van der Waals surface area contributed by atoms with E-state index >= 15 is 0 Å². The Labute approximate surface area is 114 Å². The van der Waals surface area contributed by atoms with Gasteiger partial charge in [0, 0.05) is 34.5 Å². The Bertz CT molecular complexity index is 571. The molecule has 5 nitrogen and oxygen atoms in total. The van der Waals surface area contributed by atoms with Gasteiger partial charge < -0.3 is 5.73 Å². The zero-order valence-electron chi connectivity index (χ0n) is 10.9. The van der Waals surface area contributed by atoms with Crippen molar-refractivity contribution in [2.24, 2.45) is 0 Å². The number of hydrogen-bond donors (Lipinski definition) is 1. The number of anilines is 1. The molecule has 1 aromatic rings. The maximum Gasteiger partial charge on any atom is 0.261 e. The van der Waals surface area contributed by atoms with Gasteiger partial charge in [0.05, 0.1) is 11.1 Å². The molecule has 0 aliphatic carbocycles. The Morgan fingerprint density at radius 1 is 1.26 bits per heavy atom. The van der Waals surface area contributed by atoms with Gasteiger partial charge in [-0.3, -0.25) is 18.7 Å². The highest BCUT2D eigenvalue weighted by Crippen LogP contribution is 2.27. The summed E-state index contributed by atoms with van der Waals surface area (Å²) in [6.07, 6.45) is 2.14. The Kier molecular flexibility index (Phi) is 3.71. The van der Waals surface area contributed by atoms with E-state index < -0.39 is 10.8 Å². The topological polar surface area (TPSA) is 80.5 Å². The molecule has 2 N–H and O–H groups in total. The summed E-state index contributed by atoms with van der Waals surface area (Å²) in [6, 6.07) is 4.45. The summed E-state index contributed by atoms with van der Waals surface area (Å²) in [4.78, 5) is 25.6. The quantitative estimate of drug-likeness (QED) is 0.659. The van der Waals surface area contributed by atoms with Crippen LogP contribution < -0.4 is 5.73 Å². The van der Waals surface area contributed by atoms with Crippen LogP contribution >= 0.6 is 0 Å². The molecule has 0 saturated heterocycles. The predicted molar refractivity (Wildman–Crippen MR) is 74.4 cm³/mol. The van der Waals surface area contributed by atoms with Crippen molar-refractivity contribution in [3.05, 3.63) is 29.3 Å². The molecule has 1 aliphatic rings. The molecule has 1 aromatic carbocycles. The largest absolute Gasteiger partial charge is 0.399 e. The summed E-state index contributed by atoms with van der Waals surface area (Å²) >= 11 is 0. The highest BCUT2D eigenvalue weighted by atomic mass is 32.2. The van der Waals surface area contributed by atoms with Crippen molar-refractivity contribution in [3.63, 3.8) is 0 Å². The lowest BCUT2D eigenvalue weighted by atomic mass is 10.1. The van der Waals surface area contributed by atoms with Crippen molar-refractivity contribution in [1.29, 1.82) is 0 Å². The highest BCUT2D eigenvalue weighted by molar-refractivity contribution is 7.84. The summed E-state index contributed by atoms with van der Waals surface area (Å²) in [7, 11) is -0.932. The molecule has 0 fully saturated rings. The molecule has 0 bridgehead atoms. The first-order chi connectivity index (χ1) is 8.91. The number of nitrogen functional groups attached to an aromatic ring is 1. The van der Waals surface area contributed by atoms with Gasteiger partial charge >= 0.3 is 0 Å². The van der Waals surface area contributed by atoms with Crippen molar-refractivity contribution >= 4 is 28.3 Å². The number of hydrogen-bond acceptors (Lipinski definition) is 4. The number of nitrogens with zero attached hydrogens (tertiary/aromatic N) is 1. The number of rotatable bonds is 4. The standard InChI is InChI=1S/C13H16N2O3S/c1-8(5-6-19(2)18)15-12(16)10-4-3-9(14)7-11(10)13(15)17/h3-4,7-8H,5-6,14H2,1-2H3. The average Bonchev–Trinajstić information content (AvgIpc) is 2.59. The summed E-state index contributed by atoms with van der Waals surface area (Å²) in [5.74, 6) is -0.146. The average molecular weight is 280 g/mol. The minimum atomic E-state index is -0.932. The second-order valence-corrected chi connectivity index (χ2v) is 6.25. The van der Waals surface area contributed by atoms with E-state index in [1.54, 1.807) is 25.3 Å². The molecule has 1 aliphatic heterocycles. The molecule has 2 unspecified atom stereocenters. The molecular weight excluding hydrogens is 264 g/mol. The second-order valence-electron chi connectivity index (χ2n) is 4.70. The molecule has 2 atom stereocenters. The number of carbonyl (C=O) groups is 2. The van der Waals surface area contributed by atoms with Crippen LogP contribution in [0.2, 0.25) is 0 Å². The lowest BCUT2D eigenvalue weighted by molar-refractivity contribution is 0.0594. The van der Waals surface area contributed by atoms with Crippen molar-refractivity contribution < 1.29 is 13.8 Å². The molecule has 0 aromatic heterocycles. The Balaban J connectivity index is 2.24. The Morgan fingerprint density at radius 3 is 2.53 bits per heavy atom. The summed E-state index contributed by atoms with van der Waals surface area (Å²) in [5.41, 5.74) is 6.85. The van der Waals surface area contributed by atoms with Crippen LogP contribution in [0.1, 0.15) is 34.1 Å². The number of benzene rings is 1. The van der Waals surface area contributed by atoms with Crippen LogP contribution in [0.15, 0.2) is 18.2 Å². The Hall–Kier alpha value is -1.69. The van der Waals surface area contributed by atoms with Crippen molar-refractivity contribution in [2.45, 2.75) is 19.4 Å². The van der Waals surface area contributed by atoms with Gasteiger partial charge in [0.15, 0.2) is 0 Å². The maximum absolute atomic E-state index is 12.2. The summed E-state index contributed by atoms with van der Waals surface area (Å²) in [6.45, 7) is 1.79. The van der Waals surface area contributed by atoms with E-state index in [1.807, 2.05) is 0 Å². The first kappa shape index (κ1) is 13.7. The van der Waals surface area contributed by atoms with Crippen LogP contribution in [0.25, 0.3) is 0 Å². The van der Waals surface area contributed by atoms with Gasteiger partial charge in [0.1, 0.15) is 0 Å². The summed E-state index contributed by atoms with van der Waals surface area (Å²) in [5, 5.41) is 0. The minimum Gasteiger partial charge on any atom is -0.399 e. The summed E-state index contributed by atoms with van der Waals surface area (Å²) < 4.78 is 11.1. The lowest BCUT2D eigenvalue weighted by Crippen LogP contribution is -2.38. The van der Waals surface area contributed by atoms with Gasteiger partial charge in [-0.2, -0.15) is 0 Å². The molecule has 102 valence electrons. The molecule has 19 heavy (non-hydrogen) atoms. The first-order valence-corrected chi connectivity index (χ1v) is 7.72. The monoisotopic (exact) mass is 280 g/mol. The fourth-order valence-corrected chi connectivity index (χ4v) is 2.82. The third-order valence-electron chi connectivity index (χ3n) is 3.21. The van der Waals surface area contributed by atoms with E-state index in [0.717, 1.165) is 0 Å². The van der Waals surface area contributed by atoms with Gasteiger partial charge in [-0.25, -0.2) is 0 Å². The van der Waals surface area contributed by atoms with Crippen molar-refractivity contribution in [3.8, 4) is 0 Å². The van der Waals surface area contributed by atoms with Gasteiger partial charge in [-0.1, -0.05) is 0 Å². The number of amides is 2. The predicted octanol–water partition coefficient (Wildman–Crippen LogP) is 1.02. The van der Waals surface area contributed by atoms with Crippen LogP contribution in [-0.4, -0.2) is 39.0 Å². The van der Waals surface area contributed by atoms with Crippen LogP contribution in [0, 0.1) is 0 Å². The second kappa shape index (κ2) is 5.13. The molecule has 0 saturated carbocycles. The first-order valence-electron chi connectivity index (χ1n) is 5.99. The SMILES string of the molecule is CC(CCS(C)=O)N1C(=O)c2ccc(N)cc2C1=O. The van der Waals surface area contributed by atoms with Crippen LogP contribution in [0.4, 0.5) is 5.69 Å². The van der Waals surface area contributed by atoms with E-state index in [9.17, 15) is 13.8 Å². The molecule has 6 heteroatoms. The normalized spacial score (nSPS) is 17.5. The number of nitrogens with two attached hydrogens (primary N) is 1. The number of fused-ring (bicyclic) bond motifs is 1. The van der Waals surface area contributed by atoms with Gasteiger partial charge in [-0.15, -0.1) is 0 Å². The van der Waals surface area contributed by atoms with E-state index in [0.29, 0.717) is 29.0 Å². The highest BCUT2D eigenvalue weighted by Gasteiger charge is 2.38. The third-order valence-corrected chi connectivity index (χ3v) is 4.02. The van der Waals surface area contributed by atoms with Crippen molar-refractivity contribution in [2.75, 3.05) is 17.7 Å². The zero-order chi connectivity index (χ0) is 14.2. The smallest absolute Gasteiger partial charge is 0.261 e. The van der Waals surface area contributed by atoms with E-state index in [4.69, 9.17) is 5.73 Å². The van der Waals surface area contributed by atoms with Gasteiger partial charge in [0.25, 0.3) is 11.8 Å². The molecule has 1 heterocycles. The number of imide groups is 1. The van der Waals surface area contributed by atoms with Gasteiger partial charge in [0.2, 0.25) is 0 Å². The number of carbonyl (C=O) groups excluding carboxylic acids is 2. The molecule has 2 amide bonds. The van der Waals surface area contributed by atoms with Crippen LogP contribution in [-0.2, 0) is 10.8 Å². The van der Waals surface area contributed by atoms with E-state index in [1.165, 1.54) is 11.0 Å². The minimum absolute atomic E-state index is 0.266. The fraction of sp³-hybridized carbons (Fsp3) is 0.385. The molecule has 0 radical (unpaired) electrons. The lowest BCUT2D eigenvalue weighted by Gasteiger charge is -2.21. The zero-order valence-corrected chi connectivity index (χ0v) is 11.7.